The normalized spacial score (nSPS) is 11.5. The molecule has 0 bridgehead atoms. The molecule has 0 aliphatic carbocycles. The molecular weight excluding hydrogens is 173 g/mol. The largest absolute Gasteiger partial charge is 0.291 e. The number of halogens is 1. The van der Waals surface area contributed by atoms with Gasteiger partial charge in [-0.1, -0.05) is 30.3 Å². The Labute approximate surface area is 73.6 Å². The lowest BCUT2D eigenvalue weighted by Gasteiger charge is -1.99. The average Bonchev–Trinajstić information content (AvgIpc) is 2.18. The first-order valence-electron chi connectivity index (χ1n) is 3.53. The second kappa shape index (κ2) is 4.23. The maximum Gasteiger partial charge on any atom is 0.241 e. The van der Waals surface area contributed by atoms with E-state index in [2.05, 4.69) is 10.0 Å². The van der Waals surface area contributed by atoms with Crippen molar-refractivity contribution < 1.29 is 9.18 Å². The SMILES string of the molecule is [N-]=[N+]=NC(F)C(=O)c1ccccc1. The lowest BCUT2D eigenvalue weighted by molar-refractivity contribution is 0.0883. The van der Waals surface area contributed by atoms with Crippen molar-refractivity contribution in [1.29, 1.82) is 0 Å². The Bertz CT molecular complexity index is 346. The fourth-order valence-electron chi connectivity index (χ4n) is 0.838. The number of ketones is 1. The van der Waals surface area contributed by atoms with Crippen LogP contribution in [-0.2, 0) is 0 Å². The molecule has 1 unspecified atom stereocenters. The van der Waals surface area contributed by atoms with Gasteiger partial charge in [0.2, 0.25) is 12.1 Å². The van der Waals surface area contributed by atoms with Crippen LogP contribution in [0, 0.1) is 0 Å². The van der Waals surface area contributed by atoms with Crippen molar-refractivity contribution in [3.63, 3.8) is 0 Å². The molecule has 0 fully saturated rings. The van der Waals surface area contributed by atoms with Crippen molar-refractivity contribution in [2.45, 2.75) is 6.30 Å². The molecule has 5 heteroatoms. The Kier molecular flexibility index (Phi) is 3.00. The molecule has 1 rings (SSSR count). The van der Waals surface area contributed by atoms with Crippen LogP contribution in [0.25, 0.3) is 10.4 Å². The summed E-state index contributed by atoms with van der Waals surface area (Å²) in [6, 6.07) is 7.84. The van der Waals surface area contributed by atoms with E-state index in [9.17, 15) is 9.18 Å². The monoisotopic (exact) mass is 179 g/mol. The van der Waals surface area contributed by atoms with Gasteiger partial charge in [-0.2, -0.15) is 0 Å². The molecule has 0 saturated carbocycles. The molecule has 0 heterocycles. The third-order valence-electron chi connectivity index (χ3n) is 1.43. The number of carbonyl (C=O) groups is 1. The summed E-state index contributed by atoms with van der Waals surface area (Å²) in [4.78, 5) is 13.3. The fraction of sp³-hybridized carbons (Fsp3) is 0.125. The molecule has 0 spiro atoms. The van der Waals surface area contributed by atoms with Gasteiger partial charge in [0.1, 0.15) is 0 Å². The lowest BCUT2D eigenvalue weighted by Crippen LogP contribution is -2.12. The Morgan fingerprint density at radius 1 is 1.46 bits per heavy atom. The van der Waals surface area contributed by atoms with E-state index in [0.29, 0.717) is 0 Å². The van der Waals surface area contributed by atoms with Gasteiger partial charge in [-0.05, 0) is 10.6 Å². The second-order valence-corrected chi connectivity index (χ2v) is 2.27. The number of hydrogen-bond donors (Lipinski definition) is 0. The summed E-state index contributed by atoms with van der Waals surface area (Å²) in [5.41, 5.74) is 8.10. The van der Waals surface area contributed by atoms with Crippen molar-refractivity contribution in [1.82, 2.24) is 0 Å². The average molecular weight is 179 g/mol. The van der Waals surface area contributed by atoms with E-state index in [1.807, 2.05) is 0 Å². The Hall–Kier alpha value is -1.87. The van der Waals surface area contributed by atoms with Crippen LogP contribution in [0.2, 0.25) is 0 Å². The first-order valence-corrected chi connectivity index (χ1v) is 3.53. The highest BCUT2D eigenvalue weighted by Crippen LogP contribution is 2.06. The third-order valence-corrected chi connectivity index (χ3v) is 1.43. The van der Waals surface area contributed by atoms with E-state index >= 15 is 0 Å². The van der Waals surface area contributed by atoms with Crippen molar-refractivity contribution in [3.8, 4) is 0 Å². The van der Waals surface area contributed by atoms with Gasteiger partial charge < -0.3 is 0 Å². The number of azide groups is 1. The number of rotatable bonds is 3. The molecule has 0 aliphatic heterocycles. The second-order valence-electron chi connectivity index (χ2n) is 2.27. The topological polar surface area (TPSA) is 65.8 Å². The molecule has 1 aromatic carbocycles. The van der Waals surface area contributed by atoms with E-state index in [0.717, 1.165) is 0 Å². The first-order chi connectivity index (χ1) is 6.25. The van der Waals surface area contributed by atoms with Crippen LogP contribution in [-0.4, -0.2) is 12.1 Å². The zero-order valence-electron chi connectivity index (χ0n) is 6.59. The molecule has 66 valence electrons. The zero-order chi connectivity index (χ0) is 9.68. The molecule has 1 aromatic rings. The molecule has 0 aliphatic rings. The summed E-state index contributed by atoms with van der Waals surface area (Å²) in [5.74, 6) is -0.821. The maximum absolute atomic E-state index is 12.7. The van der Waals surface area contributed by atoms with Crippen LogP contribution < -0.4 is 0 Å². The van der Waals surface area contributed by atoms with Gasteiger partial charge in [0.15, 0.2) is 0 Å². The smallest absolute Gasteiger partial charge is 0.241 e. The van der Waals surface area contributed by atoms with Crippen LogP contribution in [0.1, 0.15) is 10.4 Å². The molecule has 4 nitrogen and oxygen atoms in total. The quantitative estimate of drug-likeness (QED) is 0.231. The van der Waals surface area contributed by atoms with Gasteiger partial charge in [0.05, 0.1) is 0 Å². The van der Waals surface area contributed by atoms with E-state index in [-0.39, 0.29) is 5.56 Å². The molecular formula is C8H6FN3O. The third kappa shape index (κ3) is 2.28. The Balaban J connectivity index is 2.86. The molecule has 0 N–H and O–H groups in total. The number of alkyl halides is 1. The fourth-order valence-corrected chi connectivity index (χ4v) is 0.838. The van der Waals surface area contributed by atoms with Crippen molar-refractivity contribution >= 4 is 5.78 Å². The van der Waals surface area contributed by atoms with E-state index < -0.39 is 12.1 Å². The number of Topliss-reactive ketones (excluding diaryl/α,β-unsaturated/α-hetero) is 1. The van der Waals surface area contributed by atoms with Gasteiger partial charge >= 0.3 is 0 Å². The number of benzene rings is 1. The van der Waals surface area contributed by atoms with Gasteiger partial charge in [-0.25, -0.2) is 4.39 Å². The minimum absolute atomic E-state index is 0.197. The van der Waals surface area contributed by atoms with Crippen molar-refractivity contribution in [2.75, 3.05) is 0 Å². The molecule has 0 aromatic heterocycles. The summed E-state index contributed by atoms with van der Waals surface area (Å²) in [6.07, 6.45) is -2.13. The number of nitrogens with zero attached hydrogens (tertiary/aromatic N) is 3. The highest BCUT2D eigenvalue weighted by molar-refractivity contribution is 5.99. The van der Waals surface area contributed by atoms with Crippen LogP contribution in [0.15, 0.2) is 35.4 Å². The Morgan fingerprint density at radius 3 is 2.62 bits per heavy atom. The summed E-state index contributed by atoms with van der Waals surface area (Å²) >= 11 is 0. The molecule has 13 heavy (non-hydrogen) atoms. The van der Waals surface area contributed by atoms with Crippen molar-refractivity contribution in [2.24, 2.45) is 5.11 Å². The summed E-state index contributed by atoms with van der Waals surface area (Å²) in [5, 5.41) is 2.67. The predicted molar refractivity (Wildman–Crippen MR) is 44.8 cm³/mol. The number of hydrogen-bond acceptors (Lipinski definition) is 2. The molecule has 0 amide bonds. The predicted octanol–water partition coefficient (Wildman–Crippen LogP) is 2.48. The minimum atomic E-state index is -2.13. The van der Waals surface area contributed by atoms with Gasteiger partial charge in [-0.3, -0.25) is 4.79 Å². The molecule has 0 saturated heterocycles. The van der Waals surface area contributed by atoms with Crippen LogP contribution in [0.4, 0.5) is 4.39 Å². The van der Waals surface area contributed by atoms with Gasteiger partial charge in [0, 0.05) is 10.5 Å². The van der Waals surface area contributed by atoms with E-state index in [1.165, 1.54) is 12.1 Å². The summed E-state index contributed by atoms with van der Waals surface area (Å²) in [6.45, 7) is 0. The molecule has 1 atom stereocenters. The minimum Gasteiger partial charge on any atom is -0.291 e. The first kappa shape index (κ1) is 9.22. The summed E-state index contributed by atoms with van der Waals surface area (Å²) in [7, 11) is 0. The standard InChI is InChI=1S/C8H6FN3O/c9-8(11-12-10)7(13)6-4-2-1-3-5-6/h1-5,8H. The highest BCUT2D eigenvalue weighted by Gasteiger charge is 2.16. The number of carbonyl (C=O) groups excluding carboxylic acids is 1. The van der Waals surface area contributed by atoms with Crippen molar-refractivity contribution in [3.05, 3.63) is 46.3 Å². The highest BCUT2D eigenvalue weighted by atomic mass is 19.1. The van der Waals surface area contributed by atoms with E-state index in [1.54, 1.807) is 18.2 Å². The maximum atomic E-state index is 12.7. The lowest BCUT2D eigenvalue weighted by atomic mass is 10.1. The van der Waals surface area contributed by atoms with E-state index in [4.69, 9.17) is 5.53 Å². The molecule has 0 radical (unpaired) electrons. The van der Waals surface area contributed by atoms with Crippen LogP contribution in [0.3, 0.4) is 0 Å². The van der Waals surface area contributed by atoms with Gasteiger partial charge in [0.25, 0.3) is 0 Å². The van der Waals surface area contributed by atoms with Gasteiger partial charge in [-0.15, -0.1) is 0 Å². The zero-order valence-corrected chi connectivity index (χ0v) is 6.59. The Morgan fingerprint density at radius 2 is 2.08 bits per heavy atom. The van der Waals surface area contributed by atoms with Crippen LogP contribution in [0.5, 0.6) is 0 Å². The summed E-state index contributed by atoms with van der Waals surface area (Å²) < 4.78 is 12.7. The van der Waals surface area contributed by atoms with Crippen LogP contribution >= 0.6 is 0 Å².